The number of carbonyl (C=O) groups is 2. The summed E-state index contributed by atoms with van der Waals surface area (Å²) in [5, 5.41) is 12.8. The zero-order valence-electron chi connectivity index (χ0n) is 23.4. The van der Waals surface area contributed by atoms with Gasteiger partial charge in [0.2, 0.25) is 0 Å². The summed E-state index contributed by atoms with van der Waals surface area (Å²) in [6, 6.07) is 13.9. The maximum Gasteiger partial charge on any atom is 0.329 e. The van der Waals surface area contributed by atoms with Crippen LogP contribution in [0.4, 0.5) is 4.79 Å². The number of hydrogen-bond donors (Lipinski definition) is 2. The number of nitrogens with one attached hydrogen (secondary N) is 1. The number of nitrogens with zero attached hydrogens (tertiary/aromatic N) is 1. The highest BCUT2D eigenvalue weighted by molar-refractivity contribution is 5.87. The van der Waals surface area contributed by atoms with Crippen LogP contribution in [0.25, 0.3) is 0 Å². The second-order valence-electron chi connectivity index (χ2n) is 10.6. The molecule has 2 aromatic carbocycles. The van der Waals surface area contributed by atoms with Crippen molar-refractivity contribution in [1.82, 2.24) is 10.2 Å². The zero-order chi connectivity index (χ0) is 27.8. The Kier molecular flexibility index (Phi) is 9.73. The molecule has 0 saturated heterocycles. The smallest absolute Gasteiger partial charge is 0.329 e. The molecule has 2 aliphatic carbocycles. The van der Waals surface area contributed by atoms with E-state index in [9.17, 15) is 14.7 Å². The van der Waals surface area contributed by atoms with Crippen LogP contribution in [0.3, 0.4) is 0 Å². The monoisotopic (exact) mass is 538 g/mol. The number of carboxylic acid groups (broad SMARTS) is 1. The molecule has 0 bridgehead atoms. The van der Waals surface area contributed by atoms with Gasteiger partial charge in [-0.3, -0.25) is 0 Å². The average molecular weight is 539 g/mol. The highest BCUT2D eigenvalue weighted by Crippen LogP contribution is 2.49. The lowest BCUT2D eigenvalue weighted by Crippen LogP contribution is -2.66. The maximum absolute atomic E-state index is 13.6. The molecule has 212 valence electrons. The lowest BCUT2D eigenvalue weighted by atomic mass is 9.74. The summed E-state index contributed by atoms with van der Waals surface area (Å²) in [5.41, 5.74) is 1.98. The standard InChI is InChI=1S/C31H42N2O6/c1-4-38-26-17-23(18-27(39-5-2)28(26)24-14-15-24)21-33(16-10-9-13-22-11-7-6-8-12-22)30(36)32-31(29(34)35)19-25(20-31)37-3/h6-8,11-12,17-18,24-25H,4-5,9-10,13-16,19-21H2,1-3H3,(H,32,36)(H,34,35). The molecule has 2 aromatic rings. The van der Waals surface area contributed by atoms with Crippen LogP contribution in [-0.2, 0) is 22.5 Å². The SMILES string of the molecule is CCOc1cc(CN(CCCCc2ccccc2)C(=O)NC2(C(=O)O)CC(OC)C2)cc(OCC)c1C1CC1. The molecule has 39 heavy (non-hydrogen) atoms. The molecule has 4 rings (SSSR count). The highest BCUT2D eigenvalue weighted by Gasteiger charge is 2.52. The Labute approximate surface area is 231 Å². The number of aliphatic carboxylic acids is 1. The van der Waals surface area contributed by atoms with Crippen LogP contribution in [0.5, 0.6) is 11.5 Å². The number of methoxy groups -OCH3 is 1. The number of ether oxygens (including phenoxy) is 3. The van der Waals surface area contributed by atoms with Crippen LogP contribution in [-0.4, -0.2) is 60.5 Å². The minimum atomic E-state index is -1.30. The number of rotatable bonds is 15. The van der Waals surface area contributed by atoms with Crippen molar-refractivity contribution in [2.24, 2.45) is 0 Å². The van der Waals surface area contributed by atoms with Gasteiger partial charge in [0.05, 0.1) is 19.3 Å². The number of carboxylic acids is 1. The first-order valence-electron chi connectivity index (χ1n) is 14.2. The molecular weight excluding hydrogens is 496 g/mol. The number of aryl methyl sites for hydroxylation is 1. The van der Waals surface area contributed by atoms with E-state index in [1.807, 2.05) is 44.2 Å². The van der Waals surface area contributed by atoms with E-state index >= 15 is 0 Å². The van der Waals surface area contributed by atoms with Gasteiger partial charge in [-0.15, -0.1) is 0 Å². The number of unbranched alkanes of at least 4 members (excludes halogenated alkanes) is 1. The van der Waals surface area contributed by atoms with E-state index < -0.39 is 11.5 Å². The van der Waals surface area contributed by atoms with Crippen LogP contribution in [0.1, 0.15) is 75.0 Å². The summed E-state index contributed by atoms with van der Waals surface area (Å²) in [4.78, 5) is 27.4. The minimum absolute atomic E-state index is 0.168. The summed E-state index contributed by atoms with van der Waals surface area (Å²) in [5.74, 6) is 1.05. The lowest BCUT2D eigenvalue weighted by Gasteiger charge is -2.44. The van der Waals surface area contributed by atoms with Crippen LogP contribution in [0.2, 0.25) is 0 Å². The van der Waals surface area contributed by atoms with Crippen LogP contribution < -0.4 is 14.8 Å². The van der Waals surface area contributed by atoms with E-state index in [0.717, 1.165) is 54.7 Å². The topological polar surface area (TPSA) is 97.3 Å². The second-order valence-corrected chi connectivity index (χ2v) is 10.6. The third-order valence-electron chi connectivity index (χ3n) is 7.64. The molecule has 8 nitrogen and oxygen atoms in total. The number of benzene rings is 2. The Balaban J connectivity index is 1.53. The molecule has 2 N–H and O–H groups in total. The van der Waals surface area contributed by atoms with Crippen molar-refractivity contribution in [3.63, 3.8) is 0 Å². The third-order valence-corrected chi connectivity index (χ3v) is 7.64. The van der Waals surface area contributed by atoms with Gasteiger partial charge in [-0.25, -0.2) is 9.59 Å². The van der Waals surface area contributed by atoms with Crippen molar-refractivity contribution < 1.29 is 28.9 Å². The van der Waals surface area contributed by atoms with Crippen molar-refractivity contribution in [3.05, 3.63) is 59.2 Å². The van der Waals surface area contributed by atoms with Gasteiger partial charge in [0, 0.05) is 38.6 Å². The van der Waals surface area contributed by atoms with Crippen molar-refractivity contribution in [2.75, 3.05) is 26.9 Å². The second kappa shape index (κ2) is 13.2. The molecule has 2 fully saturated rings. The van der Waals surface area contributed by atoms with Gasteiger partial charge in [-0.1, -0.05) is 30.3 Å². The molecule has 0 spiro atoms. The average Bonchev–Trinajstić information content (AvgIpc) is 3.73. The first-order chi connectivity index (χ1) is 18.9. The molecule has 8 heteroatoms. The molecule has 0 radical (unpaired) electrons. The van der Waals surface area contributed by atoms with Crippen molar-refractivity contribution in [1.29, 1.82) is 0 Å². The molecule has 0 heterocycles. The number of urea groups is 1. The minimum Gasteiger partial charge on any atom is -0.493 e. The normalized spacial score (nSPS) is 20.1. The Morgan fingerprint density at radius 1 is 1.00 bits per heavy atom. The van der Waals surface area contributed by atoms with E-state index in [1.165, 1.54) is 5.56 Å². The van der Waals surface area contributed by atoms with Crippen LogP contribution >= 0.6 is 0 Å². The Morgan fingerprint density at radius 3 is 2.18 bits per heavy atom. The van der Waals surface area contributed by atoms with E-state index in [2.05, 4.69) is 17.4 Å². The van der Waals surface area contributed by atoms with E-state index in [-0.39, 0.29) is 25.0 Å². The first-order valence-corrected chi connectivity index (χ1v) is 14.2. The van der Waals surface area contributed by atoms with Crippen molar-refractivity contribution in [3.8, 4) is 11.5 Å². The fourth-order valence-corrected chi connectivity index (χ4v) is 5.32. The molecule has 2 saturated carbocycles. The Bertz CT molecular complexity index is 1080. The predicted octanol–water partition coefficient (Wildman–Crippen LogP) is 5.53. The molecular formula is C31H42N2O6. The van der Waals surface area contributed by atoms with Gasteiger partial charge in [0.25, 0.3) is 0 Å². The van der Waals surface area contributed by atoms with E-state index in [4.69, 9.17) is 14.2 Å². The Hall–Kier alpha value is -3.26. The summed E-state index contributed by atoms with van der Waals surface area (Å²) in [6.45, 7) is 5.84. The summed E-state index contributed by atoms with van der Waals surface area (Å²) in [7, 11) is 1.56. The molecule has 0 aromatic heterocycles. The number of carbonyl (C=O) groups excluding carboxylic acids is 1. The fraction of sp³-hybridized carbons (Fsp3) is 0.548. The largest absolute Gasteiger partial charge is 0.493 e. The Morgan fingerprint density at radius 2 is 1.64 bits per heavy atom. The van der Waals surface area contributed by atoms with Crippen molar-refractivity contribution in [2.45, 2.75) is 82.9 Å². The molecule has 0 atom stereocenters. The highest BCUT2D eigenvalue weighted by atomic mass is 16.5. The van der Waals surface area contributed by atoms with Crippen LogP contribution in [0, 0.1) is 0 Å². The zero-order valence-corrected chi connectivity index (χ0v) is 23.4. The lowest BCUT2D eigenvalue weighted by molar-refractivity contribution is -0.155. The van der Waals surface area contributed by atoms with Gasteiger partial charge in [0.1, 0.15) is 17.0 Å². The number of hydrogen-bond acceptors (Lipinski definition) is 5. The summed E-state index contributed by atoms with van der Waals surface area (Å²) in [6.07, 6.45) is 5.21. The molecule has 2 amide bonds. The van der Waals surface area contributed by atoms with Crippen molar-refractivity contribution >= 4 is 12.0 Å². The first kappa shape index (κ1) is 28.7. The number of amides is 2. The quantitative estimate of drug-likeness (QED) is 0.290. The van der Waals surface area contributed by atoms with E-state index in [1.54, 1.807) is 12.0 Å². The third kappa shape index (κ3) is 7.24. The van der Waals surface area contributed by atoms with E-state index in [0.29, 0.717) is 32.2 Å². The fourth-order valence-electron chi connectivity index (χ4n) is 5.32. The predicted molar refractivity (Wildman–Crippen MR) is 149 cm³/mol. The van der Waals surface area contributed by atoms with Crippen LogP contribution in [0.15, 0.2) is 42.5 Å². The molecule has 2 aliphatic rings. The van der Waals surface area contributed by atoms with Gasteiger partial charge >= 0.3 is 12.0 Å². The van der Waals surface area contributed by atoms with Gasteiger partial charge in [-0.2, -0.15) is 0 Å². The van der Waals surface area contributed by atoms with Gasteiger partial charge < -0.3 is 29.5 Å². The molecule has 0 unspecified atom stereocenters. The summed E-state index contributed by atoms with van der Waals surface area (Å²) < 4.78 is 17.4. The van der Waals surface area contributed by atoms with Gasteiger partial charge in [-0.05, 0) is 75.1 Å². The molecule has 0 aliphatic heterocycles. The maximum atomic E-state index is 13.6. The van der Waals surface area contributed by atoms with Gasteiger partial charge in [0.15, 0.2) is 0 Å². The summed E-state index contributed by atoms with van der Waals surface area (Å²) >= 11 is 0.